The second-order valence-corrected chi connectivity index (χ2v) is 3.77. The van der Waals surface area contributed by atoms with Crippen molar-refractivity contribution < 1.29 is 14.3 Å². The van der Waals surface area contributed by atoms with Gasteiger partial charge in [0.05, 0.1) is 0 Å². The lowest BCUT2D eigenvalue weighted by Gasteiger charge is -2.16. The number of nitrogens with zero attached hydrogens (tertiary/aromatic N) is 1. The van der Waals surface area contributed by atoms with Crippen LogP contribution in [-0.4, -0.2) is 37.5 Å². The first-order valence-corrected chi connectivity index (χ1v) is 6.51. The molecule has 0 heterocycles. The van der Waals surface area contributed by atoms with E-state index in [4.69, 9.17) is 4.74 Å². The number of carbonyl (C=O) groups is 2. The average Bonchev–Trinajstić information content (AvgIpc) is 2.46. The molecule has 0 unspecified atom stereocenters. The zero-order valence-electron chi connectivity index (χ0n) is 12.2. The van der Waals surface area contributed by atoms with Gasteiger partial charge in [-0.1, -0.05) is 32.0 Å². The molecular formula is C15H23NO3. The van der Waals surface area contributed by atoms with Gasteiger partial charge in [-0.3, -0.25) is 14.5 Å². The number of ether oxygens (including phenoxy) is 1. The number of benzene rings is 1. The maximum Gasteiger partial charge on any atom is 0.260 e. The van der Waals surface area contributed by atoms with Crippen molar-refractivity contribution in [1.29, 1.82) is 0 Å². The van der Waals surface area contributed by atoms with Crippen LogP contribution in [0.4, 0.5) is 0 Å². The molecule has 0 saturated heterocycles. The molecule has 1 rings (SSSR count). The molecule has 0 radical (unpaired) electrons. The van der Waals surface area contributed by atoms with Gasteiger partial charge in [0.15, 0.2) is 0 Å². The monoisotopic (exact) mass is 265 g/mol. The number of carbonyl (C=O) groups excluding carboxylic acids is 2. The summed E-state index contributed by atoms with van der Waals surface area (Å²) in [6.07, 6.45) is 1.22. The fraction of sp³-hybridized carbons (Fsp3) is 0.467. The normalized spacial score (nSPS) is 9.26. The van der Waals surface area contributed by atoms with E-state index in [1.54, 1.807) is 19.2 Å². The first-order chi connectivity index (χ1) is 9.20. The molecule has 4 nitrogen and oxygen atoms in total. The SMILES string of the molecule is CC.COCCCN(C=O)C(=O)c1ccccc1C. The van der Waals surface area contributed by atoms with Gasteiger partial charge in [-0.15, -0.1) is 0 Å². The van der Waals surface area contributed by atoms with Gasteiger partial charge < -0.3 is 4.74 Å². The highest BCUT2D eigenvalue weighted by Crippen LogP contribution is 2.10. The molecule has 0 aliphatic rings. The Kier molecular flexibility index (Phi) is 9.35. The van der Waals surface area contributed by atoms with E-state index in [2.05, 4.69) is 0 Å². The van der Waals surface area contributed by atoms with Crippen molar-refractivity contribution in [3.8, 4) is 0 Å². The van der Waals surface area contributed by atoms with Crippen molar-refractivity contribution in [2.45, 2.75) is 27.2 Å². The van der Waals surface area contributed by atoms with Crippen molar-refractivity contribution >= 4 is 12.3 Å². The third-order valence-corrected chi connectivity index (χ3v) is 2.51. The van der Waals surface area contributed by atoms with Crippen LogP contribution in [0.15, 0.2) is 24.3 Å². The fourth-order valence-corrected chi connectivity index (χ4v) is 1.55. The molecule has 0 saturated carbocycles. The lowest BCUT2D eigenvalue weighted by Crippen LogP contribution is -2.31. The summed E-state index contributed by atoms with van der Waals surface area (Å²) >= 11 is 0. The molecular weight excluding hydrogens is 242 g/mol. The van der Waals surface area contributed by atoms with Crippen molar-refractivity contribution in [2.24, 2.45) is 0 Å². The summed E-state index contributed by atoms with van der Waals surface area (Å²) in [5.41, 5.74) is 1.44. The minimum Gasteiger partial charge on any atom is -0.385 e. The fourth-order valence-electron chi connectivity index (χ4n) is 1.55. The predicted octanol–water partition coefficient (Wildman–Crippen LogP) is 2.66. The Morgan fingerprint density at radius 1 is 1.32 bits per heavy atom. The quantitative estimate of drug-likeness (QED) is 0.587. The van der Waals surface area contributed by atoms with Gasteiger partial charge in [-0.2, -0.15) is 0 Å². The lowest BCUT2D eigenvalue weighted by molar-refractivity contribution is -0.116. The van der Waals surface area contributed by atoms with Crippen LogP contribution in [0.1, 0.15) is 36.2 Å². The number of rotatable bonds is 6. The molecule has 106 valence electrons. The summed E-state index contributed by atoms with van der Waals surface area (Å²) in [5.74, 6) is -0.255. The summed E-state index contributed by atoms with van der Waals surface area (Å²) in [6, 6.07) is 7.23. The van der Waals surface area contributed by atoms with Gasteiger partial charge in [0, 0.05) is 25.8 Å². The molecule has 2 amide bonds. The Morgan fingerprint density at radius 3 is 2.47 bits per heavy atom. The van der Waals surface area contributed by atoms with Gasteiger partial charge in [0.2, 0.25) is 6.41 Å². The highest BCUT2D eigenvalue weighted by atomic mass is 16.5. The molecule has 0 aromatic heterocycles. The molecule has 0 aliphatic heterocycles. The van der Waals surface area contributed by atoms with Crippen LogP contribution in [0, 0.1) is 6.92 Å². The van der Waals surface area contributed by atoms with E-state index in [0.29, 0.717) is 31.5 Å². The summed E-state index contributed by atoms with van der Waals surface area (Å²) in [4.78, 5) is 24.1. The van der Waals surface area contributed by atoms with Crippen LogP contribution in [0.5, 0.6) is 0 Å². The third-order valence-electron chi connectivity index (χ3n) is 2.51. The average molecular weight is 265 g/mol. The first kappa shape index (κ1) is 17.3. The van der Waals surface area contributed by atoms with Crippen LogP contribution in [-0.2, 0) is 9.53 Å². The van der Waals surface area contributed by atoms with Crippen molar-refractivity contribution in [1.82, 2.24) is 4.90 Å². The van der Waals surface area contributed by atoms with Crippen molar-refractivity contribution in [3.63, 3.8) is 0 Å². The number of methoxy groups -OCH3 is 1. The Labute approximate surface area is 115 Å². The number of hydrogen-bond acceptors (Lipinski definition) is 3. The van der Waals surface area contributed by atoms with Gasteiger partial charge >= 0.3 is 0 Å². The smallest absolute Gasteiger partial charge is 0.260 e. The number of hydrogen-bond donors (Lipinski definition) is 0. The van der Waals surface area contributed by atoms with E-state index in [0.717, 1.165) is 5.56 Å². The number of imide groups is 1. The molecule has 1 aromatic carbocycles. The van der Waals surface area contributed by atoms with Crippen molar-refractivity contribution in [3.05, 3.63) is 35.4 Å². The van der Waals surface area contributed by atoms with Crippen LogP contribution in [0.25, 0.3) is 0 Å². The Hall–Kier alpha value is -1.68. The minimum absolute atomic E-state index is 0.255. The molecule has 0 fully saturated rings. The van der Waals surface area contributed by atoms with E-state index >= 15 is 0 Å². The van der Waals surface area contributed by atoms with Crippen molar-refractivity contribution in [2.75, 3.05) is 20.3 Å². The van der Waals surface area contributed by atoms with Crippen LogP contribution in [0.2, 0.25) is 0 Å². The largest absolute Gasteiger partial charge is 0.385 e. The van der Waals surface area contributed by atoms with E-state index in [9.17, 15) is 9.59 Å². The molecule has 1 aromatic rings. The highest BCUT2D eigenvalue weighted by molar-refractivity contribution is 6.00. The summed E-state index contributed by atoms with van der Waals surface area (Å²) in [6.45, 7) is 6.77. The zero-order valence-corrected chi connectivity index (χ0v) is 12.2. The predicted molar refractivity (Wildman–Crippen MR) is 76.1 cm³/mol. The van der Waals surface area contributed by atoms with E-state index < -0.39 is 0 Å². The van der Waals surface area contributed by atoms with Gasteiger partial charge in [0.25, 0.3) is 5.91 Å². The molecule has 0 bridgehead atoms. The van der Waals surface area contributed by atoms with E-state index in [1.807, 2.05) is 32.9 Å². The van der Waals surface area contributed by atoms with Gasteiger partial charge in [-0.25, -0.2) is 0 Å². The number of amides is 2. The van der Waals surface area contributed by atoms with Crippen LogP contribution in [0.3, 0.4) is 0 Å². The summed E-state index contributed by atoms with van der Waals surface area (Å²) in [7, 11) is 1.59. The van der Waals surface area contributed by atoms with Crippen LogP contribution < -0.4 is 0 Å². The standard InChI is InChI=1S/C13H17NO3.C2H6/c1-11-6-3-4-7-12(11)13(16)14(10-15)8-5-9-17-2;1-2/h3-4,6-7,10H,5,8-9H2,1-2H3;1-2H3. The highest BCUT2D eigenvalue weighted by Gasteiger charge is 2.15. The zero-order chi connectivity index (χ0) is 14.7. The van der Waals surface area contributed by atoms with Gasteiger partial charge in [0.1, 0.15) is 0 Å². The van der Waals surface area contributed by atoms with E-state index in [1.165, 1.54) is 4.90 Å². The molecule has 0 atom stereocenters. The summed E-state index contributed by atoms with van der Waals surface area (Å²) in [5, 5.41) is 0. The minimum atomic E-state index is -0.255. The Morgan fingerprint density at radius 2 is 1.95 bits per heavy atom. The number of aryl methyl sites for hydroxylation is 1. The molecule has 4 heteroatoms. The maximum absolute atomic E-state index is 12.0. The van der Waals surface area contributed by atoms with Gasteiger partial charge in [-0.05, 0) is 25.0 Å². The Balaban J connectivity index is 0.00000154. The van der Waals surface area contributed by atoms with Crippen LogP contribution >= 0.6 is 0 Å². The third kappa shape index (κ3) is 5.66. The second kappa shape index (κ2) is 10.3. The molecule has 0 aliphatic carbocycles. The maximum atomic E-state index is 12.0. The molecule has 0 N–H and O–H groups in total. The molecule has 19 heavy (non-hydrogen) atoms. The van der Waals surface area contributed by atoms with E-state index in [-0.39, 0.29) is 5.91 Å². The first-order valence-electron chi connectivity index (χ1n) is 6.51. The summed E-state index contributed by atoms with van der Waals surface area (Å²) < 4.78 is 4.89. The lowest BCUT2D eigenvalue weighted by atomic mass is 10.1. The molecule has 0 spiro atoms. The Bertz CT molecular complexity index is 391. The topological polar surface area (TPSA) is 46.6 Å². The second-order valence-electron chi connectivity index (χ2n) is 3.77.